The highest BCUT2D eigenvalue weighted by Gasteiger charge is 2.15. The molecule has 3 aromatic rings. The van der Waals surface area contributed by atoms with Crippen molar-refractivity contribution in [3.05, 3.63) is 73.1 Å². The zero-order chi connectivity index (χ0) is 26.2. The number of benzene rings is 2. The van der Waals surface area contributed by atoms with Crippen LogP contribution in [0.3, 0.4) is 0 Å². The number of carbonyl (C=O) groups excluding carboxylic acids is 2. The van der Waals surface area contributed by atoms with Gasteiger partial charge in [-0.25, -0.2) is 4.79 Å². The highest BCUT2D eigenvalue weighted by atomic mass is 32.1. The SMILES string of the molecule is CCCOc1ccc(/C=c2/s/c(=C\C(=O)OCC)n(CC(=O)NCc3ccc4c(c3)OCO4)c2=O)cc1. The van der Waals surface area contributed by atoms with Gasteiger partial charge in [0, 0.05) is 6.54 Å². The molecule has 0 atom stereocenters. The van der Waals surface area contributed by atoms with Gasteiger partial charge in [-0.2, -0.15) is 0 Å². The Morgan fingerprint density at radius 1 is 1.11 bits per heavy atom. The predicted molar refractivity (Wildman–Crippen MR) is 139 cm³/mol. The van der Waals surface area contributed by atoms with E-state index < -0.39 is 5.97 Å². The van der Waals surface area contributed by atoms with Crippen molar-refractivity contribution in [1.29, 1.82) is 0 Å². The number of thiazole rings is 1. The smallest absolute Gasteiger partial charge is 0.333 e. The standard InChI is InChI=1S/C27H28N2O7S/c1-3-11-34-20-8-5-18(6-9-20)13-23-27(32)29(25(37-23)14-26(31)33-4-2)16-24(30)28-15-19-7-10-21-22(12-19)36-17-35-21/h5-10,12-14H,3-4,11,15-17H2,1-2H3,(H,28,30)/b23-13+,25-14-. The van der Waals surface area contributed by atoms with E-state index in [0.29, 0.717) is 27.3 Å². The van der Waals surface area contributed by atoms with Crippen molar-refractivity contribution in [2.45, 2.75) is 33.4 Å². The van der Waals surface area contributed by atoms with E-state index >= 15 is 0 Å². The summed E-state index contributed by atoms with van der Waals surface area (Å²) in [4.78, 5) is 38.1. The van der Waals surface area contributed by atoms with Crippen LogP contribution >= 0.6 is 11.3 Å². The van der Waals surface area contributed by atoms with Crippen molar-refractivity contribution in [3.8, 4) is 17.2 Å². The zero-order valence-corrected chi connectivity index (χ0v) is 21.5. The summed E-state index contributed by atoms with van der Waals surface area (Å²) in [6.07, 6.45) is 3.87. The van der Waals surface area contributed by atoms with Gasteiger partial charge in [-0.3, -0.25) is 14.2 Å². The van der Waals surface area contributed by atoms with Crippen LogP contribution in [0.5, 0.6) is 17.2 Å². The molecule has 0 aliphatic carbocycles. The Kier molecular flexibility index (Phi) is 8.63. The van der Waals surface area contributed by atoms with Crippen molar-refractivity contribution < 1.29 is 28.5 Å². The number of carbonyl (C=O) groups is 2. The van der Waals surface area contributed by atoms with E-state index in [-0.39, 0.29) is 38.0 Å². The molecular weight excluding hydrogens is 496 g/mol. The van der Waals surface area contributed by atoms with Crippen LogP contribution in [0.15, 0.2) is 47.3 Å². The number of aromatic nitrogens is 1. The third-order valence-corrected chi connectivity index (χ3v) is 6.40. The van der Waals surface area contributed by atoms with E-state index in [2.05, 4.69) is 5.32 Å². The van der Waals surface area contributed by atoms with E-state index in [1.807, 2.05) is 37.3 Å². The van der Waals surface area contributed by atoms with Gasteiger partial charge in [-0.05, 0) is 54.8 Å². The summed E-state index contributed by atoms with van der Waals surface area (Å²) in [5, 5.41) is 2.81. The lowest BCUT2D eigenvalue weighted by molar-refractivity contribution is -0.135. The van der Waals surface area contributed by atoms with Gasteiger partial charge in [0.15, 0.2) is 11.5 Å². The van der Waals surface area contributed by atoms with Gasteiger partial charge >= 0.3 is 5.97 Å². The lowest BCUT2D eigenvalue weighted by Gasteiger charge is -2.07. The van der Waals surface area contributed by atoms with Crippen molar-refractivity contribution in [2.24, 2.45) is 0 Å². The first-order valence-corrected chi connectivity index (χ1v) is 12.8. The monoisotopic (exact) mass is 524 g/mol. The molecule has 194 valence electrons. The molecule has 0 saturated heterocycles. The van der Waals surface area contributed by atoms with Crippen LogP contribution in [0.4, 0.5) is 0 Å². The average Bonchev–Trinajstić information content (AvgIpc) is 3.47. The second-order valence-corrected chi connectivity index (χ2v) is 9.18. The number of nitrogens with one attached hydrogen (secondary N) is 1. The Hall–Kier alpha value is -4.05. The van der Waals surface area contributed by atoms with E-state index in [4.69, 9.17) is 18.9 Å². The lowest BCUT2D eigenvalue weighted by atomic mass is 10.2. The Balaban J connectivity index is 1.55. The van der Waals surface area contributed by atoms with Gasteiger partial charge in [-0.1, -0.05) is 25.1 Å². The Morgan fingerprint density at radius 2 is 1.89 bits per heavy atom. The molecule has 4 rings (SSSR count). The number of hydrogen-bond donors (Lipinski definition) is 1. The number of amides is 1. The number of ether oxygens (including phenoxy) is 4. The summed E-state index contributed by atoms with van der Waals surface area (Å²) in [6, 6.07) is 12.8. The van der Waals surface area contributed by atoms with Crippen LogP contribution in [0.25, 0.3) is 12.2 Å². The molecule has 0 radical (unpaired) electrons. The third kappa shape index (κ3) is 6.79. The van der Waals surface area contributed by atoms with E-state index in [0.717, 1.165) is 34.6 Å². The van der Waals surface area contributed by atoms with Gasteiger partial charge in [0.25, 0.3) is 5.56 Å². The molecule has 1 amide bonds. The first-order chi connectivity index (χ1) is 18.0. The fraction of sp³-hybridized carbons (Fsp3) is 0.296. The molecule has 0 spiro atoms. The summed E-state index contributed by atoms with van der Waals surface area (Å²) < 4.78 is 23.3. The lowest BCUT2D eigenvalue weighted by Crippen LogP contribution is -2.38. The summed E-state index contributed by atoms with van der Waals surface area (Å²) >= 11 is 1.12. The fourth-order valence-corrected chi connectivity index (χ4v) is 4.59. The predicted octanol–water partition coefficient (Wildman–Crippen LogP) is 1.92. The maximum Gasteiger partial charge on any atom is 0.333 e. The number of fused-ring (bicyclic) bond motifs is 1. The van der Waals surface area contributed by atoms with Gasteiger partial charge in [0.05, 0.1) is 23.8 Å². The molecule has 0 bridgehead atoms. The van der Waals surface area contributed by atoms with Gasteiger partial charge in [-0.15, -0.1) is 11.3 Å². The number of hydrogen-bond acceptors (Lipinski definition) is 8. The molecule has 10 heteroatoms. The van der Waals surface area contributed by atoms with E-state index in [1.54, 1.807) is 25.1 Å². The van der Waals surface area contributed by atoms with Crippen LogP contribution < -0.4 is 34.3 Å². The summed E-state index contributed by atoms with van der Waals surface area (Å²) in [5.41, 5.74) is 1.25. The van der Waals surface area contributed by atoms with Crippen LogP contribution in [0, 0.1) is 0 Å². The summed E-state index contributed by atoms with van der Waals surface area (Å²) in [7, 11) is 0. The number of esters is 1. The molecule has 9 nitrogen and oxygen atoms in total. The van der Waals surface area contributed by atoms with Crippen molar-refractivity contribution in [3.63, 3.8) is 0 Å². The molecule has 0 saturated carbocycles. The Bertz CT molecular complexity index is 1440. The first-order valence-electron chi connectivity index (χ1n) is 11.9. The molecule has 1 aromatic heterocycles. The minimum Gasteiger partial charge on any atom is -0.494 e. The fourth-order valence-electron chi connectivity index (χ4n) is 3.56. The normalized spacial score (nSPS) is 13.0. The molecule has 2 aromatic carbocycles. The van der Waals surface area contributed by atoms with Crippen LogP contribution in [0.1, 0.15) is 31.4 Å². The van der Waals surface area contributed by atoms with Crippen LogP contribution in [-0.2, 0) is 27.4 Å². The number of rotatable bonds is 10. The highest BCUT2D eigenvalue weighted by Crippen LogP contribution is 2.32. The summed E-state index contributed by atoms with van der Waals surface area (Å²) in [5.74, 6) is 1.07. The number of nitrogens with zero attached hydrogens (tertiary/aromatic N) is 1. The van der Waals surface area contributed by atoms with Crippen molar-refractivity contribution in [2.75, 3.05) is 20.0 Å². The molecule has 0 unspecified atom stereocenters. The van der Waals surface area contributed by atoms with Gasteiger partial charge < -0.3 is 24.3 Å². The van der Waals surface area contributed by atoms with E-state index in [1.165, 1.54) is 10.6 Å². The zero-order valence-electron chi connectivity index (χ0n) is 20.7. The van der Waals surface area contributed by atoms with Crippen LogP contribution in [0.2, 0.25) is 0 Å². The average molecular weight is 525 g/mol. The quantitative estimate of drug-likeness (QED) is 0.404. The maximum absolute atomic E-state index is 13.2. The second-order valence-electron chi connectivity index (χ2n) is 8.12. The summed E-state index contributed by atoms with van der Waals surface area (Å²) in [6.45, 7) is 4.73. The first kappa shape index (κ1) is 26.0. The minimum atomic E-state index is -0.581. The van der Waals surface area contributed by atoms with Crippen molar-refractivity contribution in [1.82, 2.24) is 9.88 Å². The topological polar surface area (TPSA) is 105 Å². The highest BCUT2D eigenvalue weighted by molar-refractivity contribution is 7.07. The largest absolute Gasteiger partial charge is 0.494 e. The Morgan fingerprint density at radius 3 is 2.65 bits per heavy atom. The molecule has 1 aliphatic heterocycles. The molecule has 37 heavy (non-hydrogen) atoms. The van der Waals surface area contributed by atoms with Gasteiger partial charge in [0.2, 0.25) is 12.7 Å². The van der Waals surface area contributed by atoms with Crippen molar-refractivity contribution >= 4 is 35.4 Å². The molecular formula is C27H28N2O7S. The third-order valence-electron chi connectivity index (χ3n) is 5.34. The molecule has 1 N–H and O–H groups in total. The van der Waals surface area contributed by atoms with Crippen LogP contribution in [-0.4, -0.2) is 36.5 Å². The second kappa shape index (κ2) is 12.3. The minimum absolute atomic E-state index is 0.169. The Labute approximate surface area is 217 Å². The molecule has 2 heterocycles. The van der Waals surface area contributed by atoms with Gasteiger partial charge in [0.1, 0.15) is 17.0 Å². The van der Waals surface area contributed by atoms with E-state index in [9.17, 15) is 14.4 Å². The molecule has 0 fully saturated rings. The maximum atomic E-state index is 13.2. The molecule has 1 aliphatic rings.